The molecule has 2 heterocycles. The van der Waals surface area contributed by atoms with Gasteiger partial charge in [0.15, 0.2) is 0 Å². The quantitative estimate of drug-likeness (QED) is 0.581. The molecule has 0 bridgehead atoms. The lowest BCUT2D eigenvalue weighted by Gasteiger charge is -2.25. The molecule has 0 saturated heterocycles. The standard InChI is InChI=1S/C23H26FN5O2/c1-15-19(23(31)28-22(27-15)16-9-11-25-12-10-16)7-8-21(30)26-14-20(29(2)3)17-5-4-6-18(24)13-17/h4-6,9-13,20H,7-8,14H2,1-3H3,(H,26,30)(H,27,28,31). The van der Waals surface area contributed by atoms with Gasteiger partial charge in [0.25, 0.3) is 5.56 Å². The molecule has 1 atom stereocenters. The molecule has 162 valence electrons. The van der Waals surface area contributed by atoms with Crippen LogP contribution in [0.3, 0.4) is 0 Å². The second-order valence-electron chi connectivity index (χ2n) is 7.55. The first-order chi connectivity index (χ1) is 14.8. The number of carbonyl (C=O) groups is 1. The summed E-state index contributed by atoms with van der Waals surface area (Å²) in [4.78, 5) is 38.1. The lowest BCUT2D eigenvalue weighted by Crippen LogP contribution is -2.35. The van der Waals surface area contributed by atoms with Gasteiger partial charge in [0, 0.05) is 42.2 Å². The summed E-state index contributed by atoms with van der Waals surface area (Å²) in [5.74, 6) is -0.0182. The molecule has 0 radical (unpaired) electrons. The van der Waals surface area contributed by atoms with E-state index in [4.69, 9.17) is 0 Å². The number of H-pyrrole nitrogens is 1. The Balaban J connectivity index is 1.62. The van der Waals surface area contributed by atoms with Crippen LogP contribution in [-0.4, -0.2) is 46.4 Å². The van der Waals surface area contributed by atoms with E-state index in [9.17, 15) is 14.0 Å². The maximum atomic E-state index is 13.6. The highest BCUT2D eigenvalue weighted by atomic mass is 19.1. The fraction of sp³-hybridized carbons (Fsp3) is 0.304. The Bertz CT molecular complexity index is 1100. The van der Waals surface area contributed by atoms with Gasteiger partial charge in [-0.3, -0.25) is 14.6 Å². The second-order valence-corrected chi connectivity index (χ2v) is 7.55. The largest absolute Gasteiger partial charge is 0.354 e. The van der Waals surface area contributed by atoms with E-state index in [1.165, 1.54) is 12.1 Å². The summed E-state index contributed by atoms with van der Waals surface area (Å²) in [5.41, 5.74) is 2.38. The van der Waals surface area contributed by atoms with Crippen molar-refractivity contribution in [2.24, 2.45) is 0 Å². The number of pyridine rings is 1. The highest BCUT2D eigenvalue weighted by Crippen LogP contribution is 2.18. The van der Waals surface area contributed by atoms with Crippen LogP contribution in [0.2, 0.25) is 0 Å². The van der Waals surface area contributed by atoms with Crippen LogP contribution >= 0.6 is 0 Å². The zero-order chi connectivity index (χ0) is 22.4. The number of carbonyl (C=O) groups excluding carboxylic acids is 1. The maximum Gasteiger partial charge on any atom is 0.254 e. The summed E-state index contributed by atoms with van der Waals surface area (Å²) in [5, 5.41) is 2.89. The van der Waals surface area contributed by atoms with Gasteiger partial charge in [0.1, 0.15) is 11.6 Å². The second kappa shape index (κ2) is 10.1. The number of aromatic nitrogens is 3. The minimum Gasteiger partial charge on any atom is -0.354 e. The monoisotopic (exact) mass is 423 g/mol. The first-order valence-corrected chi connectivity index (χ1v) is 10.0. The molecule has 2 aromatic heterocycles. The average molecular weight is 423 g/mol. The van der Waals surface area contributed by atoms with Gasteiger partial charge in [-0.25, -0.2) is 9.37 Å². The highest BCUT2D eigenvalue weighted by molar-refractivity contribution is 5.76. The molecule has 8 heteroatoms. The molecule has 0 spiro atoms. The van der Waals surface area contributed by atoms with Crippen molar-refractivity contribution in [3.63, 3.8) is 0 Å². The van der Waals surface area contributed by atoms with Gasteiger partial charge < -0.3 is 15.2 Å². The van der Waals surface area contributed by atoms with Crippen LogP contribution in [-0.2, 0) is 11.2 Å². The minimum atomic E-state index is -0.312. The number of halogens is 1. The van der Waals surface area contributed by atoms with E-state index >= 15 is 0 Å². The van der Waals surface area contributed by atoms with Crippen LogP contribution in [0.15, 0.2) is 53.6 Å². The van der Waals surface area contributed by atoms with Crippen molar-refractivity contribution in [3.8, 4) is 11.4 Å². The molecule has 0 aliphatic rings. The fourth-order valence-electron chi connectivity index (χ4n) is 3.40. The van der Waals surface area contributed by atoms with E-state index < -0.39 is 0 Å². The molecular weight excluding hydrogens is 397 g/mol. The number of hydrogen-bond acceptors (Lipinski definition) is 5. The molecule has 1 aromatic carbocycles. The molecule has 0 aliphatic heterocycles. The van der Waals surface area contributed by atoms with E-state index in [1.807, 2.05) is 25.1 Å². The van der Waals surface area contributed by atoms with Gasteiger partial charge in [0.2, 0.25) is 5.91 Å². The van der Waals surface area contributed by atoms with Crippen molar-refractivity contribution in [2.75, 3.05) is 20.6 Å². The molecule has 2 N–H and O–H groups in total. The third kappa shape index (κ3) is 5.82. The topological polar surface area (TPSA) is 91.0 Å². The zero-order valence-corrected chi connectivity index (χ0v) is 17.9. The lowest BCUT2D eigenvalue weighted by atomic mass is 10.1. The van der Waals surface area contributed by atoms with E-state index in [1.54, 1.807) is 37.5 Å². The molecule has 3 rings (SSSR count). The summed E-state index contributed by atoms with van der Waals surface area (Å²) < 4.78 is 13.6. The van der Waals surface area contributed by atoms with Crippen LogP contribution in [0.25, 0.3) is 11.4 Å². The molecule has 1 amide bonds. The first kappa shape index (κ1) is 22.3. The van der Waals surface area contributed by atoms with E-state index in [0.29, 0.717) is 23.6 Å². The van der Waals surface area contributed by atoms with E-state index in [-0.39, 0.29) is 36.2 Å². The van der Waals surface area contributed by atoms with Crippen LogP contribution in [0.1, 0.15) is 29.3 Å². The van der Waals surface area contributed by atoms with Gasteiger partial charge in [-0.15, -0.1) is 0 Å². The SMILES string of the molecule is Cc1nc(-c2ccncc2)[nH]c(=O)c1CCC(=O)NCC(c1cccc(F)c1)N(C)C. The Morgan fingerprint density at radius 3 is 2.61 bits per heavy atom. The predicted molar refractivity (Wildman–Crippen MR) is 117 cm³/mol. The Morgan fingerprint density at radius 2 is 1.97 bits per heavy atom. The first-order valence-electron chi connectivity index (χ1n) is 10.0. The van der Waals surface area contributed by atoms with Crippen molar-refractivity contribution in [3.05, 3.63) is 81.8 Å². The summed E-state index contributed by atoms with van der Waals surface area (Å²) >= 11 is 0. The summed E-state index contributed by atoms with van der Waals surface area (Å²) in [6.45, 7) is 2.10. The summed E-state index contributed by atoms with van der Waals surface area (Å²) in [6.07, 6.45) is 3.70. The average Bonchev–Trinajstić information content (AvgIpc) is 2.73. The molecule has 31 heavy (non-hydrogen) atoms. The van der Waals surface area contributed by atoms with Crippen LogP contribution < -0.4 is 10.9 Å². The Labute approximate surface area is 180 Å². The van der Waals surface area contributed by atoms with Gasteiger partial charge in [-0.05, 0) is 57.3 Å². The number of aryl methyl sites for hydroxylation is 1. The molecule has 0 aliphatic carbocycles. The Hall–Kier alpha value is -3.39. The van der Waals surface area contributed by atoms with Crippen molar-refractivity contribution >= 4 is 5.91 Å². The number of nitrogens with one attached hydrogen (secondary N) is 2. The van der Waals surface area contributed by atoms with Gasteiger partial charge in [-0.2, -0.15) is 0 Å². The van der Waals surface area contributed by atoms with Crippen molar-refractivity contribution in [1.29, 1.82) is 0 Å². The van der Waals surface area contributed by atoms with E-state index in [2.05, 4.69) is 20.3 Å². The van der Waals surface area contributed by atoms with Crippen molar-refractivity contribution in [2.45, 2.75) is 25.8 Å². The molecule has 0 saturated carbocycles. The predicted octanol–water partition coefficient (Wildman–Crippen LogP) is 2.63. The summed E-state index contributed by atoms with van der Waals surface area (Å²) in [6, 6.07) is 9.72. The number of hydrogen-bond donors (Lipinski definition) is 2. The molecular formula is C23H26FN5O2. The van der Waals surface area contributed by atoms with Crippen LogP contribution in [0.5, 0.6) is 0 Å². The van der Waals surface area contributed by atoms with Crippen LogP contribution in [0, 0.1) is 12.7 Å². The zero-order valence-electron chi connectivity index (χ0n) is 17.9. The number of rotatable bonds is 8. The number of amides is 1. The molecule has 3 aromatic rings. The number of benzene rings is 1. The third-order valence-corrected chi connectivity index (χ3v) is 5.13. The smallest absolute Gasteiger partial charge is 0.254 e. The number of likely N-dealkylation sites (N-methyl/N-ethyl adjacent to an activating group) is 1. The molecule has 7 nitrogen and oxygen atoms in total. The normalized spacial score (nSPS) is 12.0. The maximum absolute atomic E-state index is 13.6. The van der Waals surface area contributed by atoms with Gasteiger partial charge >= 0.3 is 0 Å². The Kier molecular flexibility index (Phi) is 7.25. The van der Waals surface area contributed by atoms with Gasteiger partial charge in [-0.1, -0.05) is 12.1 Å². The summed E-state index contributed by atoms with van der Waals surface area (Å²) in [7, 11) is 3.75. The van der Waals surface area contributed by atoms with Gasteiger partial charge in [0.05, 0.1) is 6.04 Å². The van der Waals surface area contributed by atoms with Crippen LogP contribution in [0.4, 0.5) is 4.39 Å². The fourth-order valence-corrected chi connectivity index (χ4v) is 3.40. The third-order valence-electron chi connectivity index (χ3n) is 5.13. The lowest BCUT2D eigenvalue weighted by molar-refractivity contribution is -0.121. The highest BCUT2D eigenvalue weighted by Gasteiger charge is 2.17. The number of aromatic amines is 1. The Morgan fingerprint density at radius 1 is 1.23 bits per heavy atom. The minimum absolute atomic E-state index is 0.156. The number of nitrogens with zero attached hydrogens (tertiary/aromatic N) is 3. The van der Waals surface area contributed by atoms with Crippen molar-refractivity contribution in [1.82, 2.24) is 25.2 Å². The van der Waals surface area contributed by atoms with Crippen molar-refractivity contribution < 1.29 is 9.18 Å². The molecule has 1 unspecified atom stereocenters. The van der Waals surface area contributed by atoms with E-state index in [0.717, 1.165) is 11.1 Å². The molecule has 0 fully saturated rings.